The first-order chi connectivity index (χ1) is 10.7. The van der Waals surface area contributed by atoms with E-state index in [1.165, 1.54) is 6.08 Å². The van der Waals surface area contributed by atoms with Gasteiger partial charge in [0.2, 0.25) is 0 Å². The molecule has 1 amide bonds. The molecule has 2 aromatic rings. The van der Waals surface area contributed by atoms with Crippen LogP contribution in [0.15, 0.2) is 73.3 Å². The van der Waals surface area contributed by atoms with Crippen LogP contribution in [-0.4, -0.2) is 14.2 Å². The molecule has 2 rings (SSSR count). The van der Waals surface area contributed by atoms with E-state index in [1.807, 2.05) is 36.4 Å². The van der Waals surface area contributed by atoms with E-state index in [4.69, 9.17) is 4.53 Å². The van der Waals surface area contributed by atoms with Gasteiger partial charge in [-0.25, -0.2) is 5.48 Å². The number of nitrogens with one attached hydrogen (secondary N) is 1. The second-order valence-corrected chi connectivity index (χ2v) is 8.59. The second kappa shape index (κ2) is 7.73. The number of carbonyl (C=O) groups is 1. The Hall–Kier alpha value is -2.17. The summed E-state index contributed by atoms with van der Waals surface area (Å²) in [5, 5.41) is 2.29. The number of rotatable bonds is 7. The van der Waals surface area contributed by atoms with Crippen molar-refractivity contribution in [2.45, 2.75) is 19.4 Å². The van der Waals surface area contributed by atoms with Gasteiger partial charge in [-0.15, -0.1) is 0 Å². The van der Waals surface area contributed by atoms with E-state index >= 15 is 0 Å². The van der Waals surface area contributed by atoms with E-state index in [0.717, 1.165) is 22.8 Å². The molecule has 22 heavy (non-hydrogen) atoms. The van der Waals surface area contributed by atoms with Gasteiger partial charge in [0.1, 0.15) is 0 Å². The molecular weight excluding hydrogens is 290 g/mol. The van der Waals surface area contributed by atoms with Crippen molar-refractivity contribution in [3.8, 4) is 0 Å². The fraction of sp³-hybridized carbons (Fsp3) is 0.167. The van der Waals surface area contributed by atoms with Gasteiger partial charge in [0.15, 0.2) is 0 Å². The Labute approximate surface area is 132 Å². The minimum atomic E-state index is -2.51. The highest BCUT2D eigenvalue weighted by Gasteiger charge is 2.40. The van der Waals surface area contributed by atoms with Gasteiger partial charge in [-0.1, -0.05) is 80.6 Å². The monoisotopic (exact) mass is 311 g/mol. The molecule has 0 bridgehead atoms. The average Bonchev–Trinajstić information content (AvgIpc) is 2.60. The summed E-state index contributed by atoms with van der Waals surface area (Å²) in [7, 11) is -2.51. The maximum absolute atomic E-state index is 11.6. The Balaban J connectivity index is 2.49. The summed E-state index contributed by atoms with van der Waals surface area (Å²) in [6.07, 6.45) is 2.20. The molecule has 0 saturated heterocycles. The molecule has 2 aromatic carbocycles. The normalized spacial score (nSPS) is 11.0. The van der Waals surface area contributed by atoms with Crippen molar-refractivity contribution in [3.63, 3.8) is 0 Å². The van der Waals surface area contributed by atoms with Crippen LogP contribution in [0.25, 0.3) is 0 Å². The summed E-state index contributed by atoms with van der Waals surface area (Å²) in [6.45, 7) is 5.61. The number of hydrogen-bond donors (Lipinski definition) is 1. The van der Waals surface area contributed by atoms with Gasteiger partial charge in [0.25, 0.3) is 14.2 Å². The fourth-order valence-corrected chi connectivity index (χ4v) is 6.26. The van der Waals surface area contributed by atoms with E-state index < -0.39 is 8.32 Å². The molecule has 0 unspecified atom stereocenters. The van der Waals surface area contributed by atoms with Crippen molar-refractivity contribution in [1.82, 2.24) is 5.48 Å². The maximum Gasteiger partial charge on any atom is 0.290 e. The lowest BCUT2D eigenvalue weighted by Gasteiger charge is -2.31. The molecule has 0 radical (unpaired) electrons. The second-order valence-electron chi connectivity index (χ2n) is 5.08. The van der Waals surface area contributed by atoms with Crippen LogP contribution in [0, 0.1) is 0 Å². The van der Waals surface area contributed by atoms with Crippen LogP contribution >= 0.6 is 0 Å². The lowest BCUT2D eigenvalue weighted by atomic mass is 10.4. The van der Waals surface area contributed by atoms with E-state index in [-0.39, 0.29) is 5.91 Å². The smallest absolute Gasteiger partial charge is 0.290 e. The SMILES string of the molecule is C=CC(=O)NO[Si](CCC)(c1ccccc1)c1ccccc1. The molecule has 0 fully saturated rings. The van der Waals surface area contributed by atoms with E-state index in [0.29, 0.717) is 0 Å². The van der Waals surface area contributed by atoms with Gasteiger partial charge < -0.3 is 4.53 Å². The minimum Gasteiger partial charge on any atom is -0.308 e. The third-order valence-corrected chi connectivity index (χ3v) is 7.78. The quantitative estimate of drug-likeness (QED) is 0.484. The molecule has 114 valence electrons. The molecule has 0 saturated carbocycles. The zero-order chi connectivity index (χ0) is 15.8. The summed E-state index contributed by atoms with van der Waals surface area (Å²) in [5.74, 6) is -0.320. The molecule has 3 nitrogen and oxygen atoms in total. The van der Waals surface area contributed by atoms with E-state index in [2.05, 4.69) is 43.2 Å². The lowest BCUT2D eigenvalue weighted by molar-refractivity contribution is -0.123. The van der Waals surface area contributed by atoms with Gasteiger partial charge in [-0.05, 0) is 22.5 Å². The minimum absolute atomic E-state index is 0.320. The molecule has 0 spiro atoms. The summed E-state index contributed by atoms with van der Waals surface area (Å²) in [6, 6.07) is 21.2. The van der Waals surface area contributed by atoms with Crippen LogP contribution in [0.5, 0.6) is 0 Å². The molecule has 4 heteroatoms. The Morgan fingerprint density at radius 3 is 2.00 bits per heavy atom. The number of amides is 1. The van der Waals surface area contributed by atoms with Gasteiger partial charge in [0, 0.05) is 0 Å². The summed E-state index contributed by atoms with van der Waals surface area (Å²) in [5.41, 5.74) is 2.56. The molecule has 0 aliphatic rings. The molecule has 1 N–H and O–H groups in total. The largest absolute Gasteiger partial charge is 0.308 e. The third-order valence-electron chi connectivity index (χ3n) is 3.59. The molecule has 0 aliphatic carbocycles. The van der Waals surface area contributed by atoms with Crippen molar-refractivity contribution in [2.75, 3.05) is 0 Å². The first kappa shape index (κ1) is 16.2. The zero-order valence-electron chi connectivity index (χ0n) is 12.8. The molecule has 0 heterocycles. The summed E-state index contributed by atoms with van der Waals surface area (Å²) < 4.78 is 6.06. The van der Waals surface area contributed by atoms with Crippen molar-refractivity contribution < 1.29 is 9.32 Å². The van der Waals surface area contributed by atoms with E-state index in [1.54, 1.807) is 0 Å². The third kappa shape index (κ3) is 3.53. The molecule has 0 aromatic heterocycles. The van der Waals surface area contributed by atoms with Crippen molar-refractivity contribution >= 4 is 24.6 Å². The summed E-state index contributed by atoms with van der Waals surface area (Å²) >= 11 is 0. The Kier molecular flexibility index (Phi) is 5.69. The van der Waals surface area contributed by atoms with Gasteiger partial charge in [-0.2, -0.15) is 0 Å². The lowest BCUT2D eigenvalue weighted by Crippen LogP contribution is -2.63. The highest BCUT2D eigenvalue weighted by Crippen LogP contribution is 2.14. The predicted octanol–water partition coefficient (Wildman–Crippen LogP) is 2.39. The van der Waals surface area contributed by atoms with Crippen molar-refractivity contribution in [3.05, 3.63) is 73.3 Å². The van der Waals surface area contributed by atoms with Crippen molar-refractivity contribution in [1.29, 1.82) is 0 Å². The number of hydroxylamine groups is 1. The predicted molar refractivity (Wildman–Crippen MR) is 92.4 cm³/mol. The average molecular weight is 311 g/mol. The highest BCUT2D eigenvalue weighted by atomic mass is 28.4. The molecular formula is C18H21NO2Si. The maximum atomic E-state index is 11.6. The van der Waals surface area contributed by atoms with Crippen LogP contribution in [0.2, 0.25) is 6.04 Å². The Morgan fingerprint density at radius 1 is 1.09 bits per heavy atom. The topological polar surface area (TPSA) is 38.3 Å². The standard InChI is InChI=1S/C18H21NO2Si/c1-3-15-22(21-19-18(20)4-2,16-11-7-5-8-12-16)17-13-9-6-10-14-17/h4-14H,2-3,15H2,1H3,(H,19,20). The molecule has 0 atom stereocenters. The van der Waals surface area contributed by atoms with Crippen molar-refractivity contribution in [2.24, 2.45) is 0 Å². The van der Waals surface area contributed by atoms with Gasteiger partial charge in [0.05, 0.1) is 0 Å². The highest BCUT2D eigenvalue weighted by molar-refractivity contribution is 6.97. The first-order valence-electron chi connectivity index (χ1n) is 7.44. The number of benzene rings is 2. The molecule has 0 aliphatic heterocycles. The van der Waals surface area contributed by atoms with Crippen LogP contribution in [-0.2, 0) is 9.32 Å². The Morgan fingerprint density at radius 2 is 1.59 bits per heavy atom. The Bertz CT molecular complexity index is 574. The van der Waals surface area contributed by atoms with E-state index in [9.17, 15) is 4.79 Å². The van der Waals surface area contributed by atoms with Crippen LogP contribution in [0.3, 0.4) is 0 Å². The van der Waals surface area contributed by atoms with Gasteiger partial charge in [-0.3, -0.25) is 4.79 Å². The van der Waals surface area contributed by atoms with Gasteiger partial charge >= 0.3 is 0 Å². The van der Waals surface area contributed by atoms with Crippen LogP contribution in [0.4, 0.5) is 0 Å². The zero-order valence-corrected chi connectivity index (χ0v) is 13.8. The number of hydrogen-bond acceptors (Lipinski definition) is 2. The van der Waals surface area contributed by atoms with Crippen LogP contribution in [0.1, 0.15) is 13.3 Å². The van der Waals surface area contributed by atoms with Crippen LogP contribution < -0.4 is 15.9 Å². The first-order valence-corrected chi connectivity index (χ1v) is 9.56. The fourth-order valence-electron chi connectivity index (χ4n) is 2.57. The number of carbonyl (C=O) groups excluding carboxylic acids is 1. The summed E-state index contributed by atoms with van der Waals surface area (Å²) in [4.78, 5) is 11.6.